The minimum Gasteiger partial charge on any atom is -0.397 e. The Labute approximate surface area is 107 Å². The average molecular weight is 261 g/mol. The molecule has 1 rings (SSSR count). The van der Waals surface area contributed by atoms with E-state index in [2.05, 4.69) is 25.7 Å². The molecule has 1 aliphatic heterocycles. The van der Waals surface area contributed by atoms with Gasteiger partial charge in [0.2, 0.25) is 0 Å². The molecule has 4 nitrogen and oxygen atoms in total. The van der Waals surface area contributed by atoms with Crippen LogP contribution in [0.15, 0.2) is 0 Å². The van der Waals surface area contributed by atoms with Crippen molar-refractivity contribution < 1.29 is 13.6 Å². The number of morpholine rings is 1. The molecule has 0 N–H and O–H groups in total. The molecule has 0 aliphatic carbocycles. The summed E-state index contributed by atoms with van der Waals surface area (Å²) in [4.78, 5) is 2.53. The summed E-state index contributed by atoms with van der Waals surface area (Å²) in [7, 11) is -1.46. The Balaban J connectivity index is 2.41. The van der Waals surface area contributed by atoms with Crippen molar-refractivity contribution in [2.24, 2.45) is 0 Å². The summed E-state index contributed by atoms with van der Waals surface area (Å²) in [6.45, 7) is 11.7. The van der Waals surface area contributed by atoms with E-state index in [9.17, 15) is 0 Å². The lowest BCUT2D eigenvalue weighted by Gasteiger charge is -2.35. The fourth-order valence-corrected chi connectivity index (χ4v) is 4.48. The lowest BCUT2D eigenvalue weighted by Crippen LogP contribution is -2.45. The van der Waals surface area contributed by atoms with Gasteiger partial charge in [-0.2, -0.15) is 0 Å². The van der Waals surface area contributed by atoms with Gasteiger partial charge in [0.25, 0.3) is 0 Å². The summed E-state index contributed by atoms with van der Waals surface area (Å²) in [5, 5.41) is 0. The molecule has 0 amide bonds. The van der Waals surface area contributed by atoms with E-state index in [1.165, 1.54) is 6.42 Å². The summed E-state index contributed by atoms with van der Waals surface area (Å²) >= 11 is 0. The van der Waals surface area contributed by atoms with Crippen LogP contribution in [0, 0.1) is 0 Å². The van der Waals surface area contributed by atoms with Gasteiger partial charge in [0.15, 0.2) is 0 Å². The van der Waals surface area contributed by atoms with E-state index in [0.717, 1.165) is 45.6 Å². The van der Waals surface area contributed by atoms with Crippen LogP contribution in [0.4, 0.5) is 0 Å². The van der Waals surface area contributed by atoms with Crippen molar-refractivity contribution in [1.82, 2.24) is 4.90 Å². The maximum Gasteiger partial charge on any atom is 0.322 e. The molecule has 0 aromatic rings. The molecule has 1 unspecified atom stereocenters. The van der Waals surface area contributed by atoms with Gasteiger partial charge in [-0.15, -0.1) is 0 Å². The number of ether oxygens (including phenoxy) is 1. The summed E-state index contributed by atoms with van der Waals surface area (Å²) < 4.78 is 16.9. The van der Waals surface area contributed by atoms with Crippen molar-refractivity contribution in [3.05, 3.63) is 0 Å². The molecule has 0 spiro atoms. The minimum atomic E-state index is -1.46. The minimum absolute atomic E-state index is 0.605. The third kappa shape index (κ3) is 5.48. The first-order valence-electron chi connectivity index (χ1n) is 6.86. The molecule has 0 radical (unpaired) electrons. The Morgan fingerprint density at radius 2 is 1.71 bits per heavy atom. The quantitative estimate of drug-likeness (QED) is 0.618. The summed E-state index contributed by atoms with van der Waals surface area (Å²) in [6, 6.07) is 1.70. The fraction of sp³-hybridized carbons (Fsp3) is 1.00. The van der Waals surface area contributed by atoms with Gasteiger partial charge in [-0.1, -0.05) is 6.92 Å². The normalized spacial score (nSPS) is 19.8. The molecule has 102 valence electrons. The van der Waals surface area contributed by atoms with E-state index in [4.69, 9.17) is 13.6 Å². The van der Waals surface area contributed by atoms with Crippen LogP contribution < -0.4 is 0 Å². The number of nitrogens with zero attached hydrogens (tertiary/aromatic N) is 1. The zero-order valence-electron chi connectivity index (χ0n) is 11.5. The molecule has 0 aromatic heterocycles. The Morgan fingerprint density at radius 1 is 1.12 bits per heavy atom. The van der Waals surface area contributed by atoms with Crippen LogP contribution in [0.3, 0.4) is 0 Å². The van der Waals surface area contributed by atoms with Crippen molar-refractivity contribution in [1.29, 1.82) is 0 Å². The van der Waals surface area contributed by atoms with Crippen LogP contribution in [0.1, 0.15) is 27.2 Å². The van der Waals surface area contributed by atoms with E-state index in [-0.39, 0.29) is 0 Å². The highest BCUT2D eigenvalue weighted by atomic mass is 28.3. The van der Waals surface area contributed by atoms with Gasteiger partial charge in [0, 0.05) is 38.4 Å². The first kappa shape index (κ1) is 15.1. The van der Waals surface area contributed by atoms with Crippen molar-refractivity contribution in [3.8, 4) is 0 Å². The van der Waals surface area contributed by atoms with E-state index >= 15 is 0 Å². The first-order chi connectivity index (χ1) is 8.31. The maximum absolute atomic E-state index is 5.76. The Kier molecular flexibility index (Phi) is 8.05. The van der Waals surface area contributed by atoms with Crippen LogP contribution in [0.25, 0.3) is 0 Å². The summed E-state index contributed by atoms with van der Waals surface area (Å²) in [6.07, 6.45) is 1.17. The average Bonchev–Trinajstić information content (AvgIpc) is 2.37. The van der Waals surface area contributed by atoms with Crippen LogP contribution >= 0.6 is 0 Å². The van der Waals surface area contributed by atoms with Crippen molar-refractivity contribution in [2.75, 3.05) is 39.5 Å². The molecule has 1 saturated heterocycles. The molecular weight excluding hydrogens is 234 g/mol. The van der Waals surface area contributed by atoms with Crippen LogP contribution in [0.5, 0.6) is 0 Å². The highest BCUT2D eigenvalue weighted by Crippen LogP contribution is 2.15. The summed E-state index contributed by atoms with van der Waals surface area (Å²) in [5.74, 6) is 0. The third-order valence-electron chi connectivity index (χ3n) is 3.20. The Morgan fingerprint density at radius 3 is 2.18 bits per heavy atom. The number of rotatable bonds is 8. The lowest BCUT2D eigenvalue weighted by atomic mass is 10.2. The maximum atomic E-state index is 5.76. The fourth-order valence-electron chi connectivity index (χ4n) is 2.29. The highest BCUT2D eigenvalue weighted by molar-refractivity contribution is 6.44. The van der Waals surface area contributed by atoms with Gasteiger partial charge in [-0.05, 0) is 20.3 Å². The third-order valence-corrected chi connectivity index (χ3v) is 5.54. The largest absolute Gasteiger partial charge is 0.397 e. The van der Waals surface area contributed by atoms with Gasteiger partial charge < -0.3 is 13.6 Å². The molecule has 0 bridgehead atoms. The Bertz CT molecular complexity index is 183. The molecule has 17 heavy (non-hydrogen) atoms. The molecule has 1 atom stereocenters. The molecule has 1 fully saturated rings. The number of hydrogen-bond donors (Lipinski definition) is 0. The van der Waals surface area contributed by atoms with Crippen molar-refractivity contribution >= 4 is 9.28 Å². The molecule has 0 aromatic carbocycles. The zero-order valence-corrected chi connectivity index (χ0v) is 12.6. The van der Waals surface area contributed by atoms with Crippen LogP contribution in [0.2, 0.25) is 6.04 Å². The van der Waals surface area contributed by atoms with E-state index in [1.807, 2.05) is 0 Å². The van der Waals surface area contributed by atoms with Gasteiger partial charge in [-0.3, -0.25) is 4.90 Å². The second-order valence-corrected chi connectivity index (χ2v) is 6.28. The lowest BCUT2D eigenvalue weighted by molar-refractivity contribution is 0.0176. The van der Waals surface area contributed by atoms with Gasteiger partial charge in [0.1, 0.15) is 0 Å². The molecule has 0 saturated carbocycles. The molecule has 1 heterocycles. The van der Waals surface area contributed by atoms with Crippen LogP contribution in [-0.2, 0) is 13.6 Å². The Hall–Kier alpha value is 0.0569. The highest BCUT2D eigenvalue weighted by Gasteiger charge is 2.25. The standard InChI is InChI=1S/C12H27NO3Si/c1-4-12(13-7-9-14-10-8-13)11-17(15-5-2)16-6-3/h12,17H,4-11H2,1-3H3. The second kappa shape index (κ2) is 9.05. The van der Waals surface area contributed by atoms with Crippen molar-refractivity contribution in [3.63, 3.8) is 0 Å². The monoisotopic (exact) mass is 261 g/mol. The van der Waals surface area contributed by atoms with Gasteiger partial charge >= 0.3 is 9.28 Å². The smallest absolute Gasteiger partial charge is 0.322 e. The van der Waals surface area contributed by atoms with Crippen LogP contribution in [-0.4, -0.2) is 59.7 Å². The number of hydrogen-bond acceptors (Lipinski definition) is 4. The van der Waals surface area contributed by atoms with Gasteiger partial charge in [-0.25, -0.2) is 0 Å². The topological polar surface area (TPSA) is 30.9 Å². The molecule has 5 heteroatoms. The van der Waals surface area contributed by atoms with Gasteiger partial charge in [0.05, 0.1) is 13.2 Å². The zero-order chi connectivity index (χ0) is 12.5. The van der Waals surface area contributed by atoms with E-state index in [1.54, 1.807) is 0 Å². The van der Waals surface area contributed by atoms with E-state index < -0.39 is 9.28 Å². The SMILES string of the molecule is CCO[SiH](CC(CC)N1CCOCC1)OCC. The predicted molar refractivity (Wildman–Crippen MR) is 71.7 cm³/mol. The van der Waals surface area contributed by atoms with E-state index in [0.29, 0.717) is 6.04 Å². The second-order valence-electron chi connectivity index (χ2n) is 4.29. The molecule has 1 aliphatic rings. The molecular formula is C12H27NO3Si. The van der Waals surface area contributed by atoms with Crippen molar-refractivity contribution in [2.45, 2.75) is 39.3 Å². The summed E-state index contributed by atoms with van der Waals surface area (Å²) in [5.41, 5.74) is 0. The predicted octanol–water partition coefficient (Wildman–Crippen LogP) is 1.39. The first-order valence-corrected chi connectivity index (χ1v) is 8.62.